The highest BCUT2D eigenvalue weighted by Gasteiger charge is 2.36. The van der Waals surface area contributed by atoms with E-state index in [1.165, 1.54) is 6.92 Å². The van der Waals surface area contributed by atoms with E-state index in [-0.39, 0.29) is 31.0 Å². The highest BCUT2D eigenvalue weighted by atomic mass is 19.4. The van der Waals surface area contributed by atoms with Gasteiger partial charge in [-0.1, -0.05) is 0 Å². The van der Waals surface area contributed by atoms with Crippen LogP contribution in [0, 0.1) is 12.8 Å². The van der Waals surface area contributed by atoms with Crippen LogP contribution in [0.2, 0.25) is 0 Å². The molecule has 0 aliphatic carbocycles. The minimum Gasteiger partial charge on any atom is -0.481 e. The molecule has 0 saturated carbocycles. The zero-order chi connectivity index (χ0) is 15.8. The molecule has 1 N–H and O–H groups in total. The standard InChI is InChI=1S/C12H12F3N3O3/c1-6-2-8(12(13,14)15)17-9(16-6)5-18-4-7(11(20)21)3-10(18)19/h2,7H,3-5H2,1H3,(H,20,21)/t7-/m0/s1. The first kappa shape index (κ1) is 15.2. The maximum atomic E-state index is 12.7. The van der Waals surface area contributed by atoms with Gasteiger partial charge in [0.1, 0.15) is 11.5 Å². The lowest BCUT2D eigenvalue weighted by Gasteiger charge is -2.16. The van der Waals surface area contributed by atoms with Crippen LogP contribution in [0.25, 0.3) is 0 Å². The Hall–Kier alpha value is -2.19. The van der Waals surface area contributed by atoms with Crippen molar-refractivity contribution in [3.05, 3.63) is 23.3 Å². The van der Waals surface area contributed by atoms with E-state index in [0.29, 0.717) is 0 Å². The second-order valence-corrected chi connectivity index (χ2v) is 4.82. The van der Waals surface area contributed by atoms with Crippen molar-refractivity contribution >= 4 is 11.9 Å². The quantitative estimate of drug-likeness (QED) is 0.908. The Morgan fingerprint density at radius 1 is 1.48 bits per heavy atom. The molecular formula is C12H12F3N3O3. The molecule has 1 aromatic rings. The number of carboxylic acid groups (broad SMARTS) is 1. The van der Waals surface area contributed by atoms with Crippen LogP contribution < -0.4 is 0 Å². The molecule has 21 heavy (non-hydrogen) atoms. The number of rotatable bonds is 3. The van der Waals surface area contributed by atoms with Crippen LogP contribution in [0.5, 0.6) is 0 Å². The topological polar surface area (TPSA) is 83.4 Å². The zero-order valence-corrected chi connectivity index (χ0v) is 11.0. The van der Waals surface area contributed by atoms with Gasteiger partial charge in [0.25, 0.3) is 0 Å². The Balaban J connectivity index is 2.19. The van der Waals surface area contributed by atoms with E-state index < -0.39 is 29.7 Å². The van der Waals surface area contributed by atoms with Crippen LogP contribution in [0.15, 0.2) is 6.07 Å². The van der Waals surface area contributed by atoms with Crippen molar-refractivity contribution in [1.82, 2.24) is 14.9 Å². The number of alkyl halides is 3. The fraction of sp³-hybridized carbons (Fsp3) is 0.500. The van der Waals surface area contributed by atoms with Crippen molar-refractivity contribution in [3.63, 3.8) is 0 Å². The van der Waals surface area contributed by atoms with Gasteiger partial charge < -0.3 is 10.0 Å². The zero-order valence-electron chi connectivity index (χ0n) is 11.0. The summed E-state index contributed by atoms with van der Waals surface area (Å²) in [6, 6.07) is 0.815. The molecule has 1 fully saturated rings. The molecule has 1 aromatic heterocycles. The van der Waals surface area contributed by atoms with E-state index in [4.69, 9.17) is 5.11 Å². The van der Waals surface area contributed by atoms with E-state index in [0.717, 1.165) is 11.0 Å². The normalized spacial score (nSPS) is 19.1. The lowest BCUT2D eigenvalue weighted by molar-refractivity contribution is -0.142. The summed E-state index contributed by atoms with van der Waals surface area (Å²) in [4.78, 5) is 30.9. The number of likely N-dealkylation sites (tertiary alicyclic amines) is 1. The highest BCUT2D eigenvalue weighted by Crippen LogP contribution is 2.28. The molecule has 0 spiro atoms. The summed E-state index contributed by atoms with van der Waals surface area (Å²) >= 11 is 0. The molecule has 0 aromatic carbocycles. The van der Waals surface area contributed by atoms with E-state index >= 15 is 0 Å². The number of halogens is 3. The van der Waals surface area contributed by atoms with Crippen LogP contribution >= 0.6 is 0 Å². The van der Waals surface area contributed by atoms with Crippen molar-refractivity contribution in [2.45, 2.75) is 26.1 Å². The van der Waals surface area contributed by atoms with E-state index in [1.54, 1.807) is 0 Å². The van der Waals surface area contributed by atoms with Gasteiger partial charge in [-0.3, -0.25) is 9.59 Å². The summed E-state index contributed by atoms with van der Waals surface area (Å²) in [6.45, 7) is 1.12. The van der Waals surface area contributed by atoms with Crippen LogP contribution in [0.3, 0.4) is 0 Å². The number of aliphatic carboxylic acids is 1. The van der Waals surface area contributed by atoms with Crippen molar-refractivity contribution in [2.75, 3.05) is 6.54 Å². The third-order valence-electron chi connectivity index (χ3n) is 3.09. The smallest absolute Gasteiger partial charge is 0.433 e. The summed E-state index contributed by atoms with van der Waals surface area (Å²) in [7, 11) is 0. The number of aromatic nitrogens is 2. The number of nitrogens with zero attached hydrogens (tertiary/aromatic N) is 3. The molecule has 1 aliphatic heterocycles. The third kappa shape index (κ3) is 3.47. The number of amides is 1. The maximum absolute atomic E-state index is 12.7. The monoisotopic (exact) mass is 303 g/mol. The van der Waals surface area contributed by atoms with Gasteiger partial charge in [0.15, 0.2) is 0 Å². The summed E-state index contributed by atoms with van der Waals surface area (Å²) in [5.41, 5.74) is -0.944. The van der Waals surface area contributed by atoms with Gasteiger partial charge in [0.05, 0.1) is 12.5 Å². The summed E-state index contributed by atoms with van der Waals surface area (Å²) in [5, 5.41) is 8.85. The molecule has 6 nitrogen and oxygen atoms in total. The number of hydrogen-bond donors (Lipinski definition) is 1. The second-order valence-electron chi connectivity index (χ2n) is 4.82. The molecule has 1 atom stereocenters. The van der Waals surface area contributed by atoms with E-state index in [2.05, 4.69) is 9.97 Å². The second kappa shape index (κ2) is 5.30. The first-order chi connectivity index (χ1) is 9.66. The van der Waals surface area contributed by atoms with Crippen LogP contribution in [-0.2, 0) is 22.3 Å². The molecule has 114 valence electrons. The molecule has 2 rings (SSSR count). The lowest BCUT2D eigenvalue weighted by Crippen LogP contribution is -2.27. The van der Waals surface area contributed by atoms with E-state index in [9.17, 15) is 22.8 Å². The average Bonchev–Trinajstić information content (AvgIpc) is 2.69. The van der Waals surface area contributed by atoms with Gasteiger partial charge >= 0.3 is 12.1 Å². The minimum atomic E-state index is -4.60. The van der Waals surface area contributed by atoms with Gasteiger partial charge in [-0.15, -0.1) is 0 Å². The average molecular weight is 303 g/mol. The van der Waals surface area contributed by atoms with Gasteiger partial charge in [-0.05, 0) is 13.0 Å². The van der Waals surface area contributed by atoms with Crippen molar-refractivity contribution in [1.29, 1.82) is 0 Å². The Kier molecular flexibility index (Phi) is 3.84. The lowest BCUT2D eigenvalue weighted by atomic mass is 10.1. The first-order valence-corrected chi connectivity index (χ1v) is 6.09. The number of carboxylic acids is 1. The number of aryl methyl sites for hydroxylation is 1. The molecule has 0 radical (unpaired) electrons. The van der Waals surface area contributed by atoms with Crippen LogP contribution in [0.1, 0.15) is 23.6 Å². The molecule has 1 aliphatic rings. The van der Waals surface area contributed by atoms with E-state index in [1.807, 2.05) is 0 Å². The number of carbonyl (C=O) groups is 2. The maximum Gasteiger partial charge on any atom is 0.433 e. The Bertz CT molecular complexity index is 589. The van der Waals surface area contributed by atoms with Crippen molar-refractivity contribution < 1.29 is 27.9 Å². The summed E-state index contributed by atoms with van der Waals surface area (Å²) in [5.74, 6) is -2.53. The summed E-state index contributed by atoms with van der Waals surface area (Å²) < 4.78 is 38.0. The van der Waals surface area contributed by atoms with Gasteiger partial charge in [0.2, 0.25) is 5.91 Å². The fourth-order valence-electron chi connectivity index (χ4n) is 2.11. The molecule has 9 heteroatoms. The summed E-state index contributed by atoms with van der Waals surface area (Å²) in [6.07, 6.45) is -4.76. The van der Waals surface area contributed by atoms with Crippen molar-refractivity contribution in [3.8, 4) is 0 Å². The third-order valence-corrected chi connectivity index (χ3v) is 3.09. The van der Waals surface area contributed by atoms with Crippen molar-refractivity contribution in [2.24, 2.45) is 5.92 Å². The predicted molar refractivity (Wildman–Crippen MR) is 62.9 cm³/mol. The number of carbonyl (C=O) groups excluding carboxylic acids is 1. The molecule has 0 bridgehead atoms. The van der Waals surface area contributed by atoms with Gasteiger partial charge in [-0.2, -0.15) is 13.2 Å². The van der Waals surface area contributed by atoms with Gasteiger partial charge in [-0.25, -0.2) is 9.97 Å². The predicted octanol–water partition coefficient (Wildman–Crippen LogP) is 1.24. The fourth-order valence-corrected chi connectivity index (χ4v) is 2.11. The Labute approximate surface area is 117 Å². The largest absolute Gasteiger partial charge is 0.481 e. The molecule has 2 heterocycles. The van der Waals surface area contributed by atoms with Gasteiger partial charge in [0, 0.05) is 18.7 Å². The van der Waals surface area contributed by atoms with Crippen LogP contribution in [-0.4, -0.2) is 38.4 Å². The number of hydrogen-bond acceptors (Lipinski definition) is 4. The highest BCUT2D eigenvalue weighted by molar-refractivity contribution is 5.85. The Morgan fingerprint density at radius 2 is 2.14 bits per heavy atom. The van der Waals surface area contributed by atoms with Crippen LogP contribution in [0.4, 0.5) is 13.2 Å². The Morgan fingerprint density at radius 3 is 2.67 bits per heavy atom. The molecular weight excluding hydrogens is 291 g/mol. The first-order valence-electron chi connectivity index (χ1n) is 6.09. The molecule has 0 unspecified atom stereocenters. The molecule has 1 saturated heterocycles. The SMILES string of the molecule is Cc1cc(C(F)(F)F)nc(CN2C[C@@H](C(=O)O)CC2=O)n1. The minimum absolute atomic E-state index is 0.0488. The molecule has 1 amide bonds.